The van der Waals surface area contributed by atoms with E-state index in [1.807, 2.05) is 4.68 Å². The van der Waals surface area contributed by atoms with Crippen molar-refractivity contribution in [2.45, 2.75) is 39.8 Å². The fourth-order valence-electron chi connectivity index (χ4n) is 2.41. The predicted molar refractivity (Wildman–Crippen MR) is 77.0 cm³/mol. The second-order valence-electron chi connectivity index (χ2n) is 4.66. The summed E-state index contributed by atoms with van der Waals surface area (Å²) in [6.45, 7) is 8.19. The Kier molecular flexibility index (Phi) is 4.68. The Morgan fingerprint density at radius 2 is 2.05 bits per heavy atom. The van der Waals surface area contributed by atoms with Crippen LogP contribution in [0.15, 0.2) is 30.6 Å². The first-order chi connectivity index (χ1) is 9.26. The first-order valence-electron chi connectivity index (χ1n) is 6.91. The zero-order valence-corrected chi connectivity index (χ0v) is 11.9. The van der Waals surface area contributed by atoms with Gasteiger partial charge in [-0.2, -0.15) is 5.10 Å². The Morgan fingerprint density at radius 1 is 1.26 bits per heavy atom. The maximum Gasteiger partial charge on any atom is 0.138 e. The first kappa shape index (κ1) is 13.7. The minimum absolute atomic E-state index is 0.292. The van der Waals surface area contributed by atoms with Gasteiger partial charge in [0.15, 0.2) is 0 Å². The molecule has 0 aliphatic carbocycles. The standard InChI is InChI=1S/C15H22N4/c1-4-16-14(13-9-7-6-8-12(13)3)10-15-17-11-18-19(15)5-2/h6-9,11,14,16H,4-5,10H2,1-3H3. The van der Waals surface area contributed by atoms with Gasteiger partial charge in [0.2, 0.25) is 0 Å². The molecule has 4 heteroatoms. The third kappa shape index (κ3) is 3.20. The summed E-state index contributed by atoms with van der Waals surface area (Å²) in [6, 6.07) is 8.81. The van der Waals surface area contributed by atoms with Gasteiger partial charge in [0.25, 0.3) is 0 Å². The number of aryl methyl sites for hydroxylation is 2. The van der Waals surface area contributed by atoms with E-state index in [-0.39, 0.29) is 0 Å². The van der Waals surface area contributed by atoms with E-state index in [9.17, 15) is 0 Å². The molecule has 1 unspecified atom stereocenters. The molecular formula is C15H22N4. The molecule has 102 valence electrons. The topological polar surface area (TPSA) is 42.7 Å². The monoisotopic (exact) mass is 258 g/mol. The minimum Gasteiger partial charge on any atom is -0.310 e. The molecule has 0 radical (unpaired) electrons. The highest BCUT2D eigenvalue weighted by atomic mass is 15.3. The molecule has 1 heterocycles. The molecule has 0 spiro atoms. The molecule has 0 aliphatic heterocycles. The normalized spacial score (nSPS) is 12.6. The summed E-state index contributed by atoms with van der Waals surface area (Å²) in [5.74, 6) is 1.04. The summed E-state index contributed by atoms with van der Waals surface area (Å²) >= 11 is 0. The van der Waals surface area contributed by atoms with Crippen molar-refractivity contribution in [1.29, 1.82) is 0 Å². The van der Waals surface area contributed by atoms with E-state index in [0.29, 0.717) is 6.04 Å². The zero-order chi connectivity index (χ0) is 13.7. The highest BCUT2D eigenvalue weighted by molar-refractivity contribution is 5.29. The molecule has 0 saturated heterocycles. The average molecular weight is 258 g/mol. The van der Waals surface area contributed by atoms with Crippen LogP contribution < -0.4 is 5.32 Å². The van der Waals surface area contributed by atoms with Crippen LogP contribution in [0.2, 0.25) is 0 Å². The number of hydrogen-bond acceptors (Lipinski definition) is 3. The maximum atomic E-state index is 4.38. The van der Waals surface area contributed by atoms with E-state index in [1.165, 1.54) is 11.1 Å². The lowest BCUT2D eigenvalue weighted by Crippen LogP contribution is -2.25. The number of rotatable bonds is 6. The molecule has 0 saturated carbocycles. The summed E-state index contributed by atoms with van der Waals surface area (Å²) in [7, 11) is 0. The van der Waals surface area contributed by atoms with Gasteiger partial charge in [-0.25, -0.2) is 4.98 Å². The van der Waals surface area contributed by atoms with Crippen LogP contribution in [-0.2, 0) is 13.0 Å². The SMILES string of the molecule is CCNC(Cc1ncnn1CC)c1ccccc1C. The summed E-state index contributed by atoms with van der Waals surface area (Å²) in [5, 5.41) is 7.79. The number of hydrogen-bond donors (Lipinski definition) is 1. The third-order valence-corrected chi connectivity index (χ3v) is 3.40. The lowest BCUT2D eigenvalue weighted by Gasteiger charge is -2.20. The van der Waals surface area contributed by atoms with Gasteiger partial charge >= 0.3 is 0 Å². The fourth-order valence-corrected chi connectivity index (χ4v) is 2.41. The highest BCUT2D eigenvalue weighted by Crippen LogP contribution is 2.20. The number of likely N-dealkylation sites (N-methyl/N-ethyl adjacent to an activating group) is 1. The lowest BCUT2D eigenvalue weighted by molar-refractivity contribution is 0.508. The molecule has 19 heavy (non-hydrogen) atoms. The van der Waals surface area contributed by atoms with Crippen molar-refractivity contribution in [1.82, 2.24) is 20.1 Å². The Balaban J connectivity index is 2.24. The van der Waals surface area contributed by atoms with Crippen LogP contribution in [0.4, 0.5) is 0 Å². The number of aromatic nitrogens is 3. The van der Waals surface area contributed by atoms with Crippen LogP contribution in [0, 0.1) is 6.92 Å². The van der Waals surface area contributed by atoms with Crippen molar-refractivity contribution < 1.29 is 0 Å². The molecule has 1 aromatic carbocycles. The molecule has 2 rings (SSSR count). The smallest absolute Gasteiger partial charge is 0.138 e. The Morgan fingerprint density at radius 3 is 2.74 bits per heavy atom. The van der Waals surface area contributed by atoms with Crippen molar-refractivity contribution in [2.24, 2.45) is 0 Å². The van der Waals surface area contributed by atoms with E-state index in [0.717, 1.165) is 25.3 Å². The Bertz CT molecular complexity index is 518. The second kappa shape index (κ2) is 6.48. The van der Waals surface area contributed by atoms with Gasteiger partial charge in [-0.3, -0.25) is 4.68 Å². The predicted octanol–water partition coefficient (Wildman–Crippen LogP) is 2.50. The van der Waals surface area contributed by atoms with E-state index in [4.69, 9.17) is 0 Å². The van der Waals surface area contributed by atoms with Crippen molar-refractivity contribution >= 4 is 0 Å². The lowest BCUT2D eigenvalue weighted by atomic mass is 9.98. The van der Waals surface area contributed by atoms with Gasteiger partial charge < -0.3 is 5.32 Å². The summed E-state index contributed by atoms with van der Waals surface area (Å²) in [5.41, 5.74) is 2.66. The minimum atomic E-state index is 0.292. The fraction of sp³-hybridized carbons (Fsp3) is 0.467. The summed E-state index contributed by atoms with van der Waals surface area (Å²) in [4.78, 5) is 4.38. The van der Waals surface area contributed by atoms with Crippen LogP contribution in [-0.4, -0.2) is 21.3 Å². The van der Waals surface area contributed by atoms with Gasteiger partial charge in [-0.15, -0.1) is 0 Å². The van der Waals surface area contributed by atoms with Crippen LogP contribution in [0.25, 0.3) is 0 Å². The van der Waals surface area contributed by atoms with Crippen molar-refractivity contribution in [3.05, 3.63) is 47.5 Å². The molecule has 0 amide bonds. The zero-order valence-electron chi connectivity index (χ0n) is 11.9. The van der Waals surface area contributed by atoms with E-state index in [1.54, 1.807) is 6.33 Å². The molecule has 0 fully saturated rings. The van der Waals surface area contributed by atoms with Crippen LogP contribution in [0.1, 0.15) is 36.8 Å². The molecule has 4 nitrogen and oxygen atoms in total. The van der Waals surface area contributed by atoms with Crippen LogP contribution in [0.3, 0.4) is 0 Å². The summed E-state index contributed by atoms with van der Waals surface area (Å²) in [6.07, 6.45) is 2.51. The van der Waals surface area contributed by atoms with Gasteiger partial charge in [0.1, 0.15) is 12.2 Å². The van der Waals surface area contributed by atoms with Gasteiger partial charge in [0.05, 0.1) is 0 Å². The van der Waals surface area contributed by atoms with E-state index >= 15 is 0 Å². The maximum absolute atomic E-state index is 4.38. The van der Waals surface area contributed by atoms with Crippen LogP contribution >= 0.6 is 0 Å². The van der Waals surface area contributed by atoms with Crippen molar-refractivity contribution in [3.63, 3.8) is 0 Å². The van der Waals surface area contributed by atoms with Crippen molar-refractivity contribution in [2.75, 3.05) is 6.54 Å². The number of nitrogens with one attached hydrogen (secondary N) is 1. The second-order valence-corrected chi connectivity index (χ2v) is 4.66. The number of benzene rings is 1. The molecule has 1 aromatic heterocycles. The van der Waals surface area contributed by atoms with Gasteiger partial charge in [-0.1, -0.05) is 31.2 Å². The first-order valence-corrected chi connectivity index (χ1v) is 6.91. The quantitative estimate of drug-likeness (QED) is 0.865. The molecule has 2 aromatic rings. The molecule has 1 atom stereocenters. The van der Waals surface area contributed by atoms with E-state index in [2.05, 4.69) is 60.4 Å². The summed E-state index contributed by atoms with van der Waals surface area (Å²) < 4.78 is 1.96. The third-order valence-electron chi connectivity index (χ3n) is 3.40. The Labute approximate surface area is 114 Å². The van der Waals surface area contributed by atoms with Gasteiger partial charge in [-0.05, 0) is 31.5 Å². The van der Waals surface area contributed by atoms with Crippen LogP contribution in [0.5, 0.6) is 0 Å². The molecule has 0 bridgehead atoms. The highest BCUT2D eigenvalue weighted by Gasteiger charge is 2.16. The largest absolute Gasteiger partial charge is 0.310 e. The molecule has 1 N–H and O–H groups in total. The van der Waals surface area contributed by atoms with Crippen molar-refractivity contribution in [3.8, 4) is 0 Å². The Hall–Kier alpha value is -1.68. The van der Waals surface area contributed by atoms with Gasteiger partial charge in [0, 0.05) is 19.0 Å². The molecule has 0 aliphatic rings. The number of nitrogens with zero attached hydrogens (tertiary/aromatic N) is 3. The van der Waals surface area contributed by atoms with E-state index < -0.39 is 0 Å². The average Bonchev–Trinajstić information content (AvgIpc) is 2.86. The molecular weight excluding hydrogens is 236 g/mol.